The van der Waals surface area contributed by atoms with Crippen molar-refractivity contribution in [2.45, 2.75) is 32.4 Å². The van der Waals surface area contributed by atoms with Gasteiger partial charge in [0.05, 0.1) is 0 Å². The average molecular weight is 252 g/mol. The van der Waals surface area contributed by atoms with Crippen LogP contribution < -0.4 is 11.1 Å². The van der Waals surface area contributed by atoms with Gasteiger partial charge in [-0.25, -0.2) is 0 Å². The Balaban J connectivity index is 2.48. The first-order valence-corrected chi connectivity index (χ1v) is 6.82. The van der Waals surface area contributed by atoms with Crippen LogP contribution in [-0.2, 0) is 4.79 Å². The topological polar surface area (TPSA) is 55.1 Å². The monoisotopic (exact) mass is 252 g/mol. The molecule has 0 aliphatic rings. The van der Waals surface area contributed by atoms with Gasteiger partial charge in [-0.05, 0) is 29.9 Å². The number of rotatable bonds is 5. The van der Waals surface area contributed by atoms with Crippen molar-refractivity contribution in [3.8, 4) is 0 Å². The fraction of sp³-hybridized carbons (Fsp3) is 0.462. The minimum Gasteiger partial charge on any atom is -0.398 e. The van der Waals surface area contributed by atoms with E-state index in [1.165, 1.54) is 0 Å². The second kappa shape index (κ2) is 6.55. The molecule has 0 aromatic heterocycles. The van der Waals surface area contributed by atoms with Crippen LogP contribution in [0.1, 0.15) is 25.8 Å². The molecule has 0 unspecified atom stereocenters. The van der Waals surface area contributed by atoms with Gasteiger partial charge in [-0.3, -0.25) is 4.79 Å². The van der Waals surface area contributed by atoms with Crippen molar-refractivity contribution in [3.05, 3.63) is 23.8 Å². The smallest absolute Gasteiger partial charge is 0.225 e. The number of hydrogen-bond acceptors (Lipinski definition) is 3. The first kappa shape index (κ1) is 13.9. The van der Waals surface area contributed by atoms with Crippen LogP contribution in [0, 0.1) is 6.92 Å². The maximum absolute atomic E-state index is 11.7. The van der Waals surface area contributed by atoms with Crippen LogP contribution in [0.4, 0.5) is 11.4 Å². The minimum atomic E-state index is 0.0480. The fourth-order valence-electron chi connectivity index (χ4n) is 1.39. The molecule has 0 heterocycles. The van der Waals surface area contributed by atoms with E-state index in [-0.39, 0.29) is 5.91 Å². The Labute approximate surface area is 107 Å². The second-order valence-electron chi connectivity index (χ2n) is 4.24. The van der Waals surface area contributed by atoms with E-state index in [1.807, 2.05) is 25.1 Å². The maximum atomic E-state index is 11.7. The normalized spacial score (nSPS) is 10.6. The molecule has 17 heavy (non-hydrogen) atoms. The molecule has 0 saturated heterocycles. The van der Waals surface area contributed by atoms with E-state index in [1.54, 1.807) is 11.8 Å². The fourth-order valence-corrected chi connectivity index (χ4v) is 2.16. The van der Waals surface area contributed by atoms with E-state index in [4.69, 9.17) is 5.73 Å². The van der Waals surface area contributed by atoms with Crippen LogP contribution in [0.25, 0.3) is 0 Å². The molecule has 0 spiro atoms. The lowest BCUT2D eigenvalue weighted by molar-refractivity contribution is -0.115. The first-order chi connectivity index (χ1) is 8.00. The highest BCUT2D eigenvalue weighted by atomic mass is 32.2. The summed E-state index contributed by atoms with van der Waals surface area (Å²) in [5.41, 5.74) is 8.23. The van der Waals surface area contributed by atoms with Crippen molar-refractivity contribution in [3.63, 3.8) is 0 Å². The minimum absolute atomic E-state index is 0.0480. The molecular weight excluding hydrogens is 232 g/mol. The van der Waals surface area contributed by atoms with Crippen molar-refractivity contribution >= 4 is 29.0 Å². The molecule has 1 aromatic carbocycles. The highest BCUT2D eigenvalue weighted by molar-refractivity contribution is 7.99. The molecule has 3 N–H and O–H groups in total. The number of amides is 1. The van der Waals surface area contributed by atoms with Crippen LogP contribution in [0.3, 0.4) is 0 Å². The number of nitrogen functional groups attached to an aromatic ring is 1. The zero-order valence-corrected chi connectivity index (χ0v) is 11.4. The van der Waals surface area contributed by atoms with Crippen molar-refractivity contribution in [2.24, 2.45) is 0 Å². The van der Waals surface area contributed by atoms with Crippen LogP contribution in [0.5, 0.6) is 0 Å². The number of thioether (sulfide) groups is 1. The summed E-state index contributed by atoms with van der Waals surface area (Å²) in [5.74, 6) is 0.900. The number of anilines is 2. The largest absolute Gasteiger partial charge is 0.398 e. The van der Waals surface area contributed by atoms with E-state index in [2.05, 4.69) is 19.2 Å². The van der Waals surface area contributed by atoms with E-state index < -0.39 is 0 Å². The van der Waals surface area contributed by atoms with Gasteiger partial charge in [0.25, 0.3) is 0 Å². The Hall–Kier alpha value is -1.16. The second-order valence-corrected chi connectivity index (χ2v) is 5.92. The van der Waals surface area contributed by atoms with Gasteiger partial charge in [0, 0.05) is 23.5 Å². The van der Waals surface area contributed by atoms with Gasteiger partial charge in [0.1, 0.15) is 0 Å². The van der Waals surface area contributed by atoms with Crippen molar-refractivity contribution in [2.75, 3.05) is 16.8 Å². The van der Waals surface area contributed by atoms with Gasteiger partial charge in [-0.15, -0.1) is 0 Å². The maximum Gasteiger partial charge on any atom is 0.225 e. The van der Waals surface area contributed by atoms with Crippen molar-refractivity contribution < 1.29 is 4.79 Å². The number of nitrogens with two attached hydrogens (primary N) is 1. The zero-order chi connectivity index (χ0) is 12.8. The molecule has 3 nitrogen and oxygen atoms in total. The molecule has 94 valence electrons. The van der Waals surface area contributed by atoms with Gasteiger partial charge in [0.2, 0.25) is 5.91 Å². The number of nitrogens with one attached hydrogen (secondary N) is 1. The Kier molecular flexibility index (Phi) is 5.35. The molecule has 4 heteroatoms. The molecule has 1 aromatic rings. The van der Waals surface area contributed by atoms with E-state index in [0.717, 1.165) is 17.0 Å². The quantitative estimate of drug-likeness (QED) is 0.792. The Morgan fingerprint density at radius 3 is 2.82 bits per heavy atom. The number of benzene rings is 1. The van der Waals surface area contributed by atoms with Gasteiger partial charge in [-0.2, -0.15) is 11.8 Å². The van der Waals surface area contributed by atoms with Gasteiger partial charge in [-0.1, -0.05) is 19.9 Å². The molecular formula is C13H20N2OS. The van der Waals surface area contributed by atoms with E-state index >= 15 is 0 Å². The summed E-state index contributed by atoms with van der Waals surface area (Å²) < 4.78 is 0. The molecule has 0 fully saturated rings. The molecule has 0 atom stereocenters. The van der Waals surface area contributed by atoms with Crippen LogP contribution in [-0.4, -0.2) is 16.9 Å². The average Bonchev–Trinajstić information content (AvgIpc) is 2.24. The first-order valence-electron chi connectivity index (χ1n) is 5.77. The highest BCUT2D eigenvalue weighted by Gasteiger charge is 2.06. The summed E-state index contributed by atoms with van der Waals surface area (Å²) in [6.45, 7) is 6.17. The predicted molar refractivity (Wildman–Crippen MR) is 76.4 cm³/mol. The molecule has 0 radical (unpaired) electrons. The number of carbonyl (C=O) groups is 1. The van der Waals surface area contributed by atoms with Crippen LogP contribution >= 0.6 is 11.8 Å². The molecule has 1 rings (SSSR count). The van der Waals surface area contributed by atoms with Crippen molar-refractivity contribution in [1.29, 1.82) is 0 Å². The highest BCUT2D eigenvalue weighted by Crippen LogP contribution is 2.20. The summed E-state index contributed by atoms with van der Waals surface area (Å²) in [4.78, 5) is 11.7. The lowest BCUT2D eigenvalue weighted by Crippen LogP contribution is -2.14. The summed E-state index contributed by atoms with van der Waals surface area (Å²) in [6, 6.07) is 5.56. The van der Waals surface area contributed by atoms with Crippen molar-refractivity contribution in [1.82, 2.24) is 0 Å². The summed E-state index contributed by atoms with van der Waals surface area (Å²) >= 11 is 1.79. The van der Waals surface area contributed by atoms with E-state index in [0.29, 0.717) is 17.4 Å². The Morgan fingerprint density at radius 2 is 2.18 bits per heavy atom. The third-order valence-electron chi connectivity index (χ3n) is 2.43. The standard InChI is InChI=1S/C13H20N2OS/c1-9(2)17-8-7-13(16)15-12-6-4-5-11(14)10(12)3/h4-6,9H,7-8,14H2,1-3H3,(H,15,16). The molecule has 0 bridgehead atoms. The molecule has 0 aliphatic heterocycles. The summed E-state index contributed by atoms with van der Waals surface area (Å²) in [5, 5.41) is 3.46. The Bertz CT molecular complexity index is 391. The predicted octanol–water partition coefficient (Wildman–Crippen LogP) is 3.05. The SMILES string of the molecule is Cc1c(N)cccc1NC(=O)CCSC(C)C. The van der Waals surface area contributed by atoms with Gasteiger partial charge in [0.15, 0.2) is 0 Å². The molecule has 0 saturated carbocycles. The number of hydrogen-bond donors (Lipinski definition) is 2. The number of carbonyl (C=O) groups excluding carboxylic acids is 1. The lowest BCUT2D eigenvalue weighted by atomic mass is 10.1. The van der Waals surface area contributed by atoms with Crippen LogP contribution in [0.2, 0.25) is 0 Å². The van der Waals surface area contributed by atoms with E-state index in [9.17, 15) is 4.79 Å². The Morgan fingerprint density at radius 1 is 1.47 bits per heavy atom. The van der Waals surface area contributed by atoms with Gasteiger partial charge < -0.3 is 11.1 Å². The van der Waals surface area contributed by atoms with Gasteiger partial charge >= 0.3 is 0 Å². The third kappa shape index (κ3) is 4.69. The van der Waals surface area contributed by atoms with Crippen LogP contribution in [0.15, 0.2) is 18.2 Å². The third-order valence-corrected chi connectivity index (χ3v) is 3.54. The molecule has 1 amide bonds. The molecule has 0 aliphatic carbocycles. The summed E-state index contributed by atoms with van der Waals surface area (Å²) in [6.07, 6.45) is 0.539. The lowest BCUT2D eigenvalue weighted by Gasteiger charge is -2.10. The zero-order valence-electron chi connectivity index (χ0n) is 10.6. The summed E-state index contributed by atoms with van der Waals surface area (Å²) in [7, 11) is 0.